The van der Waals surface area contributed by atoms with E-state index in [1.165, 1.54) is 19.8 Å². The maximum atomic E-state index is 11.1. The fourth-order valence-electron chi connectivity index (χ4n) is 2.74. The molecule has 1 fully saturated rings. The highest BCUT2D eigenvalue weighted by molar-refractivity contribution is 5.89. The lowest BCUT2D eigenvalue weighted by Gasteiger charge is -2.22. The van der Waals surface area contributed by atoms with Gasteiger partial charge in [0, 0.05) is 24.3 Å². The summed E-state index contributed by atoms with van der Waals surface area (Å²) in [6, 6.07) is 10.3. The van der Waals surface area contributed by atoms with Crippen LogP contribution in [0, 0.1) is 17.2 Å². The van der Waals surface area contributed by atoms with Gasteiger partial charge in [0.05, 0.1) is 12.0 Å². The third-order valence-electron chi connectivity index (χ3n) is 3.72. The molecule has 20 heavy (non-hydrogen) atoms. The zero-order chi connectivity index (χ0) is 14.4. The van der Waals surface area contributed by atoms with Crippen LogP contribution in [0.4, 0.5) is 11.4 Å². The normalized spacial score (nSPS) is 22.4. The van der Waals surface area contributed by atoms with Crippen LogP contribution in [0.5, 0.6) is 0 Å². The maximum absolute atomic E-state index is 11.1. The zero-order valence-electron chi connectivity index (χ0n) is 11.9. The van der Waals surface area contributed by atoms with Crippen molar-refractivity contribution >= 4 is 17.3 Å². The second-order valence-electron chi connectivity index (χ2n) is 5.39. The van der Waals surface area contributed by atoms with Crippen LogP contribution in [-0.4, -0.2) is 11.9 Å². The fraction of sp³-hybridized carbons (Fsp3) is 0.500. The molecule has 2 N–H and O–H groups in total. The number of nitrogens with zero attached hydrogens (tertiary/aromatic N) is 1. The number of carbonyl (C=O) groups excluding carboxylic acids is 1. The molecule has 1 aliphatic rings. The molecular formula is C16H21N3O. The molecule has 0 radical (unpaired) electrons. The smallest absolute Gasteiger partial charge is 0.221 e. The molecule has 4 heteroatoms. The first-order valence-corrected chi connectivity index (χ1v) is 7.23. The lowest BCUT2D eigenvalue weighted by atomic mass is 9.96. The number of hydrogen-bond donors (Lipinski definition) is 2. The summed E-state index contributed by atoms with van der Waals surface area (Å²) in [6.45, 7) is 1.50. The number of benzene rings is 1. The Hall–Kier alpha value is -2.02. The molecule has 0 heterocycles. The van der Waals surface area contributed by atoms with Crippen molar-refractivity contribution in [3.63, 3.8) is 0 Å². The predicted octanol–water partition coefficient (Wildman–Crippen LogP) is 3.53. The standard InChI is InChI=1S/C16H21N3O/c1-12(20)18-14-7-5-8-15(10-14)19-16-9-4-2-3-6-13(16)11-17/h5,7-8,10,13,16,19H,2-4,6,9H2,1H3,(H,18,20). The van der Waals surface area contributed by atoms with E-state index in [0.717, 1.165) is 30.6 Å². The first-order valence-electron chi connectivity index (χ1n) is 7.23. The van der Waals surface area contributed by atoms with Gasteiger partial charge in [-0.1, -0.05) is 25.3 Å². The Morgan fingerprint density at radius 1 is 1.25 bits per heavy atom. The molecule has 0 saturated heterocycles. The van der Waals surface area contributed by atoms with Gasteiger partial charge >= 0.3 is 0 Å². The van der Waals surface area contributed by atoms with E-state index in [1.54, 1.807) is 0 Å². The summed E-state index contributed by atoms with van der Waals surface area (Å²) in [5, 5.41) is 15.5. The van der Waals surface area contributed by atoms with Crippen molar-refractivity contribution < 1.29 is 4.79 Å². The third kappa shape index (κ3) is 3.99. The molecule has 0 spiro atoms. The monoisotopic (exact) mass is 271 g/mol. The van der Waals surface area contributed by atoms with E-state index >= 15 is 0 Å². The minimum Gasteiger partial charge on any atom is -0.381 e. The van der Waals surface area contributed by atoms with Crippen LogP contribution in [0.1, 0.15) is 39.0 Å². The van der Waals surface area contributed by atoms with Gasteiger partial charge in [0.25, 0.3) is 0 Å². The topological polar surface area (TPSA) is 64.9 Å². The molecule has 4 nitrogen and oxygen atoms in total. The molecular weight excluding hydrogens is 250 g/mol. The van der Waals surface area contributed by atoms with Crippen molar-refractivity contribution in [2.24, 2.45) is 5.92 Å². The Bertz CT molecular complexity index is 507. The molecule has 106 valence electrons. The molecule has 1 aromatic rings. The molecule has 1 amide bonds. The summed E-state index contributed by atoms with van der Waals surface area (Å²) in [6.07, 6.45) is 5.52. The number of rotatable bonds is 3. The molecule has 2 rings (SSSR count). The zero-order valence-corrected chi connectivity index (χ0v) is 11.9. The van der Waals surface area contributed by atoms with Crippen molar-refractivity contribution in [1.82, 2.24) is 0 Å². The number of hydrogen-bond acceptors (Lipinski definition) is 3. The Balaban J connectivity index is 2.07. The lowest BCUT2D eigenvalue weighted by Crippen LogP contribution is -2.27. The average molecular weight is 271 g/mol. The van der Waals surface area contributed by atoms with Gasteiger partial charge in [0.15, 0.2) is 0 Å². The van der Waals surface area contributed by atoms with Gasteiger partial charge in [0.2, 0.25) is 5.91 Å². The summed E-state index contributed by atoms with van der Waals surface area (Å²) in [7, 11) is 0. The SMILES string of the molecule is CC(=O)Nc1cccc(NC2CCCCCC2C#N)c1. The van der Waals surface area contributed by atoms with Gasteiger partial charge in [-0.25, -0.2) is 0 Å². The molecule has 1 saturated carbocycles. The number of nitriles is 1. The van der Waals surface area contributed by atoms with Crippen LogP contribution in [0.15, 0.2) is 24.3 Å². The molecule has 0 bridgehead atoms. The summed E-state index contributed by atoms with van der Waals surface area (Å²) in [5.41, 5.74) is 1.74. The summed E-state index contributed by atoms with van der Waals surface area (Å²) >= 11 is 0. The lowest BCUT2D eigenvalue weighted by molar-refractivity contribution is -0.114. The van der Waals surface area contributed by atoms with E-state index in [1.807, 2.05) is 24.3 Å². The number of nitrogens with one attached hydrogen (secondary N) is 2. The quantitative estimate of drug-likeness (QED) is 0.826. The van der Waals surface area contributed by atoms with Crippen molar-refractivity contribution in [1.29, 1.82) is 5.26 Å². The number of amides is 1. The minimum absolute atomic E-state index is 0.0712. The average Bonchev–Trinajstić information content (AvgIpc) is 2.63. The largest absolute Gasteiger partial charge is 0.381 e. The first-order chi connectivity index (χ1) is 9.69. The van der Waals surface area contributed by atoms with Crippen LogP contribution in [0.25, 0.3) is 0 Å². The highest BCUT2D eigenvalue weighted by Gasteiger charge is 2.23. The first kappa shape index (κ1) is 14.4. The van der Waals surface area contributed by atoms with E-state index in [0.29, 0.717) is 0 Å². The van der Waals surface area contributed by atoms with E-state index in [9.17, 15) is 10.1 Å². The minimum atomic E-state index is -0.0773. The van der Waals surface area contributed by atoms with Crippen molar-refractivity contribution in [3.05, 3.63) is 24.3 Å². The summed E-state index contributed by atoms with van der Waals surface area (Å²) in [5.74, 6) is -0.00607. The molecule has 0 aromatic heterocycles. The van der Waals surface area contributed by atoms with E-state index in [4.69, 9.17) is 0 Å². The van der Waals surface area contributed by atoms with Gasteiger partial charge in [0.1, 0.15) is 0 Å². The van der Waals surface area contributed by atoms with Crippen molar-refractivity contribution in [2.75, 3.05) is 10.6 Å². The van der Waals surface area contributed by atoms with Crippen LogP contribution in [-0.2, 0) is 4.79 Å². The van der Waals surface area contributed by atoms with Crippen LogP contribution in [0.2, 0.25) is 0 Å². The summed E-state index contributed by atoms with van der Waals surface area (Å²) < 4.78 is 0. The predicted molar refractivity (Wildman–Crippen MR) is 80.3 cm³/mol. The van der Waals surface area contributed by atoms with Gasteiger partial charge in [-0.2, -0.15) is 5.26 Å². The van der Waals surface area contributed by atoms with Crippen LogP contribution < -0.4 is 10.6 Å². The second-order valence-corrected chi connectivity index (χ2v) is 5.39. The van der Waals surface area contributed by atoms with Gasteiger partial charge in [-0.05, 0) is 31.0 Å². The van der Waals surface area contributed by atoms with Crippen molar-refractivity contribution in [2.45, 2.75) is 45.1 Å². The maximum Gasteiger partial charge on any atom is 0.221 e. The number of carbonyl (C=O) groups is 1. The molecule has 1 aromatic carbocycles. The van der Waals surface area contributed by atoms with Gasteiger partial charge < -0.3 is 10.6 Å². The van der Waals surface area contributed by atoms with E-state index < -0.39 is 0 Å². The molecule has 2 atom stereocenters. The fourth-order valence-corrected chi connectivity index (χ4v) is 2.74. The molecule has 1 aliphatic carbocycles. The number of anilines is 2. The third-order valence-corrected chi connectivity index (χ3v) is 3.72. The molecule has 0 aliphatic heterocycles. The van der Waals surface area contributed by atoms with Gasteiger partial charge in [-0.15, -0.1) is 0 Å². The van der Waals surface area contributed by atoms with E-state index in [2.05, 4.69) is 16.7 Å². The Morgan fingerprint density at radius 3 is 2.75 bits per heavy atom. The highest BCUT2D eigenvalue weighted by Crippen LogP contribution is 2.26. The Morgan fingerprint density at radius 2 is 2.00 bits per heavy atom. The van der Waals surface area contributed by atoms with E-state index in [-0.39, 0.29) is 17.9 Å². The van der Waals surface area contributed by atoms with Crippen LogP contribution in [0.3, 0.4) is 0 Å². The van der Waals surface area contributed by atoms with Gasteiger partial charge in [-0.3, -0.25) is 4.79 Å². The van der Waals surface area contributed by atoms with Crippen molar-refractivity contribution in [3.8, 4) is 6.07 Å². The Kier molecular flexibility index (Phi) is 5.00. The highest BCUT2D eigenvalue weighted by atomic mass is 16.1. The molecule has 2 unspecified atom stereocenters. The summed E-state index contributed by atoms with van der Waals surface area (Å²) in [4.78, 5) is 11.1. The second kappa shape index (κ2) is 6.95. The van der Waals surface area contributed by atoms with Crippen LogP contribution >= 0.6 is 0 Å². The Labute approximate surface area is 120 Å².